The molecule has 1 aliphatic rings. The van der Waals surface area contributed by atoms with E-state index < -0.39 is 28.0 Å². The van der Waals surface area contributed by atoms with Crippen molar-refractivity contribution in [3.05, 3.63) is 34.2 Å². The number of hydrogen-bond donors (Lipinski definition) is 1. The molecule has 8 heteroatoms. The van der Waals surface area contributed by atoms with Crippen LogP contribution >= 0.6 is 11.8 Å². The highest BCUT2D eigenvalue weighted by molar-refractivity contribution is 8.14. The second-order valence-corrected chi connectivity index (χ2v) is 4.68. The molecule has 1 aromatic heterocycles. The van der Waals surface area contributed by atoms with Crippen molar-refractivity contribution in [2.45, 2.75) is 12.3 Å². The molecule has 1 fully saturated rings. The van der Waals surface area contributed by atoms with Crippen LogP contribution in [0.5, 0.6) is 0 Å². The first kappa shape index (κ1) is 13.3. The Kier molecular flexibility index (Phi) is 3.70. The van der Waals surface area contributed by atoms with Crippen LogP contribution in [0.2, 0.25) is 0 Å². The second-order valence-electron chi connectivity index (χ2n) is 3.63. The maximum Gasteiger partial charge on any atom is 0.339 e. The topological polar surface area (TPSA) is 94.5 Å². The predicted molar refractivity (Wildman–Crippen MR) is 66.8 cm³/mol. The van der Waals surface area contributed by atoms with Gasteiger partial charge in [0, 0.05) is 12.3 Å². The van der Waals surface area contributed by atoms with Crippen molar-refractivity contribution in [3.63, 3.8) is 0 Å². The van der Waals surface area contributed by atoms with Crippen LogP contribution in [-0.2, 0) is 9.53 Å². The summed E-state index contributed by atoms with van der Waals surface area (Å²) in [5.41, 5.74) is -0.329. The van der Waals surface area contributed by atoms with Crippen molar-refractivity contribution < 1.29 is 19.1 Å². The number of pyridine rings is 1. The summed E-state index contributed by atoms with van der Waals surface area (Å²) in [5, 5.41) is 0.560. The van der Waals surface area contributed by atoms with Crippen molar-refractivity contribution in [2.75, 3.05) is 6.61 Å². The van der Waals surface area contributed by atoms with Crippen LogP contribution in [0.1, 0.15) is 22.7 Å². The molecule has 1 atom stereocenters. The van der Waals surface area contributed by atoms with Gasteiger partial charge in [0.25, 0.3) is 16.7 Å². The van der Waals surface area contributed by atoms with E-state index in [9.17, 15) is 19.2 Å². The van der Waals surface area contributed by atoms with E-state index in [1.165, 1.54) is 12.3 Å². The maximum atomic E-state index is 11.7. The van der Waals surface area contributed by atoms with Crippen LogP contribution in [-0.4, -0.2) is 28.3 Å². The minimum absolute atomic E-state index is 0.147. The van der Waals surface area contributed by atoms with Crippen LogP contribution < -0.4 is 10.9 Å². The third kappa shape index (κ3) is 2.68. The van der Waals surface area contributed by atoms with Crippen LogP contribution in [0, 0.1) is 0 Å². The molecule has 1 aromatic rings. The number of esters is 1. The zero-order valence-corrected chi connectivity index (χ0v) is 10.7. The lowest BCUT2D eigenvalue weighted by Crippen LogP contribution is -2.29. The van der Waals surface area contributed by atoms with Crippen molar-refractivity contribution >= 4 is 28.9 Å². The van der Waals surface area contributed by atoms with E-state index in [-0.39, 0.29) is 12.2 Å². The van der Waals surface area contributed by atoms with Crippen LogP contribution in [0.25, 0.3) is 0 Å². The molecule has 1 N–H and O–H groups in total. The van der Waals surface area contributed by atoms with E-state index in [0.717, 1.165) is 10.6 Å². The number of ether oxygens (including phenoxy) is 1. The molecule has 2 amide bonds. The molecule has 1 saturated heterocycles. The Labute approximate surface area is 111 Å². The normalized spacial score (nSPS) is 18.3. The first-order chi connectivity index (χ1) is 9.02. The molecule has 100 valence electrons. The Hall–Kier alpha value is -2.09. The third-order valence-corrected chi connectivity index (χ3v) is 3.35. The average Bonchev–Trinajstić information content (AvgIpc) is 2.69. The SMILES string of the molecule is CCOC(=O)c1ccc(=O)n([C@H]2SC(=O)NC2=O)c1. The zero-order chi connectivity index (χ0) is 14.0. The van der Waals surface area contributed by atoms with Crippen molar-refractivity contribution in [2.24, 2.45) is 0 Å². The number of carbonyl (C=O) groups excluding carboxylic acids is 3. The molecule has 7 nitrogen and oxygen atoms in total. The highest BCUT2D eigenvalue weighted by atomic mass is 32.2. The largest absolute Gasteiger partial charge is 0.462 e. The van der Waals surface area contributed by atoms with Gasteiger partial charge in [0.05, 0.1) is 12.2 Å². The molecular formula is C11H10N2O5S. The fourth-order valence-corrected chi connectivity index (χ4v) is 2.36. The summed E-state index contributed by atoms with van der Waals surface area (Å²) >= 11 is 0.686. The Balaban J connectivity index is 2.38. The lowest BCUT2D eigenvalue weighted by molar-refractivity contribution is -0.120. The highest BCUT2D eigenvalue weighted by Crippen LogP contribution is 2.27. The summed E-state index contributed by atoms with van der Waals surface area (Å²) in [7, 11) is 0. The molecule has 0 aromatic carbocycles. The Morgan fingerprint density at radius 3 is 2.74 bits per heavy atom. The van der Waals surface area contributed by atoms with Gasteiger partial charge >= 0.3 is 5.97 Å². The number of rotatable bonds is 3. The number of nitrogens with zero attached hydrogens (tertiary/aromatic N) is 1. The van der Waals surface area contributed by atoms with Crippen LogP contribution in [0.4, 0.5) is 4.79 Å². The van der Waals surface area contributed by atoms with Gasteiger partial charge in [0.1, 0.15) is 0 Å². The van der Waals surface area contributed by atoms with Gasteiger partial charge < -0.3 is 4.74 Å². The number of hydrogen-bond acceptors (Lipinski definition) is 6. The minimum Gasteiger partial charge on any atom is -0.462 e. The number of thioether (sulfide) groups is 1. The molecule has 0 spiro atoms. The van der Waals surface area contributed by atoms with Gasteiger partial charge in [-0.1, -0.05) is 0 Å². The molecule has 1 aliphatic heterocycles. The molecule has 2 rings (SSSR count). The summed E-state index contributed by atoms with van der Waals surface area (Å²) in [6.07, 6.45) is 1.22. The quantitative estimate of drug-likeness (QED) is 0.811. The number of imide groups is 1. The summed E-state index contributed by atoms with van der Waals surface area (Å²) in [6.45, 7) is 1.86. The average molecular weight is 282 g/mol. The van der Waals surface area contributed by atoms with Gasteiger partial charge in [-0.2, -0.15) is 0 Å². The minimum atomic E-state index is -0.991. The highest BCUT2D eigenvalue weighted by Gasteiger charge is 2.33. The fourth-order valence-electron chi connectivity index (χ4n) is 1.55. The maximum absolute atomic E-state index is 11.7. The van der Waals surface area contributed by atoms with E-state index in [2.05, 4.69) is 5.32 Å². The molecule has 0 bridgehead atoms. The van der Waals surface area contributed by atoms with Gasteiger partial charge in [0.2, 0.25) is 0 Å². The Morgan fingerprint density at radius 1 is 1.42 bits per heavy atom. The smallest absolute Gasteiger partial charge is 0.339 e. The van der Waals surface area contributed by atoms with Crippen LogP contribution in [0.15, 0.2) is 23.1 Å². The van der Waals surface area contributed by atoms with Gasteiger partial charge in [-0.15, -0.1) is 0 Å². The first-order valence-electron chi connectivity index (χ1n) is 5.43. The number of carbonyl (C=O) groups is 3. The number of amides is 2. The molecule has 19 heavy (non-hydrogen) atoms. The lowest BCUT2D eigenvalue weighted by Gasteiger charge is -2.10. The molecule has 0 unspecified atom stereocenters. The standard InChI is InChI=1S/C11H10N2O5S/c1-2-18-10(16)6-3-4-7(14)13(5-6)9-8(15)12-11(17)19-9/h3-5,9H,2H2,1H3,(H,12,15,17)/t9-/m0/s1. The lowest BCUT2D eigenvalue weighted by atomic mass is 10.3. The van der Waals surface area contributed by atoms with Crippen molar-refractivity contribution in [3.8, 4) is 0 Å². The number of nitrogens with one attached hydrogen (secondary N) is 1. The van der Waals surface area contributed by atoms with Crippen molar-refractivity contribution in [1.29, 1.82) is 0 Å². The van der Waals surface area contributed by atoms with Crippen LogP contribution in [0.3, 0.4) is 0 Å². The monoisotopic (exact) mass is 282 g/mol. The summed E-state index contributed by atoms with van der Waals surface area (Å²) < 4.78 is 5.84. The van der Waals surface area contributed by atoms with Gasteiger partial charge in [-0.05, 0) is 24.8 Å². The van der Waals surface area contributed by atoms with Gasteiger partial charge in [-0.25, -0.2) is 4.79 Å². The predicted octanol–water partition coefficient (Wildman–Crippen LogP) is 0.507. The van der Waals surface area contributed by atoms with Gasteiger partial charge in [-0.3, -0.25) is 24.3 Å². The summed E-state index contributed by atoms with van der Waals surface area (Å²) in [5.74, 6) is -1.18. The Morgan fingerprint density at radius 2 is 2.16 bits per heavy atom. The molecule has 0 radical (unpaired) electrons. The van der Waals surface area contributed by atoms with E-state index in [0.29, 0.717) is 11.8 Å². The molecule has 0 saturated carbocycles. The zero-order valence-electron chi connectivity index (χ0n) is 9.91. The second kappa shape index (κ2) is 5.27. The molecule has 0 aliphatic carbocycles. The van der Waals surface area contributed by atoms with Gasteiger partial charge in [0.15, 0.2) is 5.37 Å². The van der Waals surface area contributed by atoms with E-state index in [1.807, 2.05) is 0 Å². The van der Waals surface area contributed by atoms with E-state index in [1.54, 1.807) is 6.92 Å². The number of aromatic nitrogens is 1. The summed E-state index contributed by atoms with van der Waals surface area (Å²) in [4.78, 5) is 45.9. The van der Waals surface area contributed by atoms with E-state index >= 15 is 0 Å². The fraction of sp³-hybridized carbons (Fsp3) is 0.273. The summed E-state index contributed by atoms with van der Waals surface area (Å²) in [6, 6.07) is 2.47. The third-order valence-electron chi connectivity index (χ3n) is 2.37. The van der Waals surface area contributed by atoms with E-state index in [4.69, 9.17) is 4.74 Å². The Bertz CT molecular complexity index is 609. The first-order valence-corrected chi connectivity index (χ1v) is 6.31. The van der Waals surface area contributed by atoms with Crippen molar-refractivity contribution in [1.82, 2.24) is 9.88 Å². The molecule has 2 heterocycles. The molecular weight excluding hydrogens is 272 g/mol.